The largest absolute Gasteiger partial charge is 0.496 e. The van der Waals surface area contributed by atoms with Crippen LogP contribution in [-0.2, 0) is 0 Å². The van der Waals surface area contributed by atoms with Gasteiger partial charge in [-0.3, -0.25) is 9.10 Å². The quantitative estimate of drug-likeness (QED) is 0.536. The van der Waals surface area contributed by atoms with Crippen LogP contribution in [0.25, 0.3) is 0 Å². The van der Waals surface area contributed by atoms with Crippen LogP contribution in [0.3, 0.4) is 0 Å². The van der Waals surface area contributed by atoms with E-state index in [1.54, 1.807) is 0 Å². The lowest BCUT2D eigenvalue weighted by Crippen LogP contribution is -2.36. The summed E-state index contributed by atoms with van der Waals surface area (Å²) in [7, 11) is 1.42. The molecule has 7 nitrogen and oxygen atoms in total. The van der Waals surface area contributed by atoms with Gasteiger partial charge in [0.15, 0.2) is 0 Å². The van der Waals surface area contributed by atoms with Gasteiger partial charge in [0, 0.05) is 31.1 Å². The van der Waals surface area contributed by atoms with E-state index in [9.17, 15) is 9.18 Å². The molecule has 0 saturated carbocycles. The molecular formula is C19H24FN5O2S. The average molecular weight is 405 g/mol. The van der Waals surface area contributed by atoms with Crippen molar-refractivity contribution in [1.82, 2.24) is 14.3 Å². The Labute approximate surface area is 168 Å². The normalized spacial score (nSPS) is 15.4. The van der Waals surface area contributed by atoms with Crippen molar-refractivity contribution in [3.8, 4) is 5.75 Å². The van der Waals surface area contributed by atoms with E-state index in [2.05, 4.69) is 26.5 Å². The Morgan fingerprint density at radius 1 is 1.39 bits per heavy atom. The number of anilines is 2. The second-order valence-electron chi connectivity index (χ2n) is 6.43. The minimum atomic E-state index is -0.533. The van der Waals surface area contributed by atoms with E-state index < -0.39 is 11.6 Å². The van der Waals surface area contributed by atoms with E-state index >= 15 is 0 Å². The van der Waals surface area contributed by atoms with Crippen molar-refractivity contribution in [3.63, 3.8) is 0 Å². The van der Waals surface area contributed by atoms with E-state index in [-0.39, 0.29) is 28.7 Å². The smallest absolute Gasteiger partial charge is 0.224 e. The van der Waals surface area contributed by atoms with E-state index in [1.165, 1.54) is 25.4 Å². The van der Waals surface area contributed by atoms with Gasteiger partial charge in [-0.05, 0) is 31.0 Å². The maximum absolute atomic E-state index is 13.6. The summed E-state index contributed by atoms with van der Waals surface area (Å²) in [5.41, 5.74) is 6.20. The molecule has 1 aromatic carbocycles. The third-order valence-corrected chi connectivity index (χ3v) is 5.56. The molecule has 0 bridgehead atoms. The van der Waals surface area contributed by atoms with Crippen LogP contribution in [0.5, 0.6) is 5.75 Å². The van der Waals surface area contributed by atoms with E-state index in [0.29, 0.717) is 5.95 Å². The fraction of sp³-hybridized carbons (Fsp3) is 0.421. The van der Waals surface area contributed by atoms with Gasteiger partial charge < -0.3 is 15.8 Å². The van der Waals surface area contributed by atoms with Crippen molar-refractivity contribution in [1.29, 1.82) is 0 Å². The van der Waals surface area contributed by atoms with Crippen molar-refractivity contribution in [2.24, 2.45) is 0 Å². The van der Waals surface area contributed by atoms with Gasteiger partial charge in [0.05, 0.1) is 18.2 Å². The lowest BCUT2D eigenvalue weighted by molar-refractivity contribution is 0.103. The lowest BCUT2D eigenvalue weighted by Gasteiger charge is -2.31. The highest BCUT2D eigenvalue weighted by Gasteiger charge is 2.22. The van der Waals surface area contributed by atoms with Crippen molar-refractivity contribution in [3.05, 3.63) is 41.3 Å². The molecule has 0 unspecified atom stereocenters. The zero-order valence-corrected chi connectivity index (χ0v) is 16.8. The molecule has 0 aliphatic carbocycles. The molecule has 28 heavy (non-hydrogen) atoms. The van der Waals surface area contributed by atoms with Gasteiger partial charge in [0.25, 0.3) is 0 Å². The number of nitrogens with one attached hydrogen (secondary N) is 1. The standard InChI is InChI=1S/C19H24FN5O2S/c1-3-28-25-8-6-13(7-9-25)23-19-22-11-15(18(21)24-19)17(26)14-10-12(20)4-5-16(14)27-2/h4-5,10-11,13H,3,6-9H2,1-2H3,(H3,21,22,23,24). The minimum Gasteiger partial charge on any atom is -0.496 e. The number of ketones is 1. The number of nitrogen functional groups attached to an aromatic ring is 1. The molecule has 3 rings (SSSR count). The zero-order chi connectivity index (χ0) is 20.1. The molecule has 1 aromatic heterocycles. The number of nitrogens with two attached hydrogens (primary N) is 1. The first-order valence-corrected chi connectivity index (χ1v) is 10.1. The Kier molecular flexibility index (Phi) is 6.69. The number of benzene rings is 1. The van der Waals surface area contributed by atoms with Gasteiger partial charge in [0.1, 0.15) is 17.4 Å². The molecule has 1 saturated heterocycles. The van der Waals surface area contributed by atoms with Gasteiger partial charge in [-0.25, -0.2) is 9.37 Å². The van der Waals surface area contributed by atoms with Crippen LogP contribution >= 0.6 is 11.9 Å². The molecule has 2 heterocycles. The van der Waals surface area contributed by atoms with Crippen LogP contribution in [0.15, 0.2) is 24.4 Å². The molecule has 0 atom stereocenters. The summed E-state index contributed by atoms with van der Waals surface area (Å²) >= 11 is 1.85. The van der Waals surface area contributed by atoms with Crippen LogP contribution in [0.1, 0.15) is 35.7 Å². The monoisotopic (exact) mass is 405 g/mol. The van der Waals surface area contributed by atoms with Crippen LogP contribution in [-0.4, -0.2) is 52.1 Å². The summed E-state index contributed by atoms with van der Waals surface area (Å²) in [5.74, 6) is 0.766. The highest BCUT2D eigenvalue weighted by molar-refractivity contribution is 7.96. The number of aromatic nitrogens is 2. The number of methoxy groups -OCH3 is 1. The number of nitrogens with zero attached hydrogens (tertiary/aromatic N) is 3. The first kappa shape index (κ1) is 20.3. The number of carbonyl (C=O) groups is 1. The predicted octanol–water partition coefficient (Wildman–Crippen LogP) is 2.98. The third-order valence-electron chi connectivity index (χ3n) is 4.57. The second-order valence-corrected chi connectivity index (χ2v) is 7.78. The first-order chi connectivity index (χ1) is 13.5. The summed E-state index contributed by atoms with van der Waals surface area (Å²) < 4.78 is 21.1. The highest BCUT2D eigenvalue weighted by atomic mass is 32.2. The molecule has 9 heteroatoms. The van der Waals surface area contributed by atoms with Crippen LogP contribution in [0.2, 0.25) is 0 Å². The van der Waals surface area contributed by atoms with Crippen LogP contribution < -0.4 is 15.8 Å². The van der Waals surface area contributed by atoms with Crippen molar-refractivity contribution < 1.29 is 13.9 Å². The topological polar surface area (TPSA) is 93.4 Å². The van der Waals surface area contributed by atoms with Crippen LogP contribution in [0.4, 0.5) is 16.2 Å². The Bertz CT molecular complexity index is 843. The van der Waals surface area contributed by atoms with Crippen molar-refractivity contribution >= 4 is 29.5 Å². The molecule has 150 valence electrons. The van der Waals surface area contributed by atoms with Crippen LogP contribution in [0, 0.1) is 5.82 Å². The predicted molar refractivity (Wildman–Crippen MR) is 109 cm³/mol. The Balaban J connectivity index is 1.71. The number of halogens is 1. The molecule has 0 radical (unpaired) electrons. The Morgan fingerprint density at radius 2 is 2.14 bits per heavy atom. The third kappa shape index (κ3) is 4.71. The lowest BCUT2D eigenvalue weighted by atomic mass is 10.0. The number of ether oxygens (including phenoxy) is 1. The molecule has 1 fully saturated rings. The maximum Gasteiger partial charge on any atom is 0.224 e. The second kappa shape index (κ2) is 9.20. The SMILES string of the molecule is CCSN1CCC(Nc2ncc(C(=O)c3cc(F)ccc3OC)c(N)n2)CC1. The van der Waals surface area contributed by atoms with Gasteiger partial charge in [-0.1, -0.05) is 18.9 Å². The highest BCUT2D eigenvalue weighted by Crippen LogP contribution is 2.25. The molecule has 0 spiro atoms. The number of hydrogen-bond acceptors (Lipinski definition) is 8. The van der Waals surface area contributed by atoms with Gasteiger partial charge in [-0.2, -0.15) is 4.98 Å². The molecular weight excluding hydrogens is 381 g/mol. The Morgan fingerprint density at radius 3 is 2.79 bits per heavy atom. The van der Waals surface area contributed by atoms with Crippen molar-refractivity contribution in [2.75, 3.05) is 37.0 Å². The van der Waals surface area contributed by atoms with E-state index in [1.807, 2.05) is 11.9 Å². The van der Waals surface area contributed by atoms with E-state index in [0.717, 1.165) is 37.8 Å². The summed E-state index contributed by atoms with van der Waals surface area (Å²) in [4.78, 5) is 21.2. The summed E-state index contributed by atoms with van der Waals surface area (Å²) in [5, 5.41) is 3.29. The summed E-state index contributed by atoms with van der Waals surface area (Å²) in [6.07, 6.45) is 3.34. The number of hydrogen-bond donors (Lipinski definition) is 2. The van der Waals surface area contributed by atoms with Gasteiger partial charge in [0.2, 0.25) is 11.7 Å². The molecule has 1 aliphatic rings. The molecule has 3 N–H and O–H groups in total. The van der Waals surface area contributed by atoms with Crippen molar-refractivity contribution in [2.45, 2.75) is 25.8 Å². The summed E-state index contributed by atoms with van der Waals surface area (Å²) in [6.45, 7) is 4.15. The molecule has 2 aromatic rings. The number of piperidine rings is 1. The average Bonchev–Trinajstić information content (AvgIpc) is 2.69. The maximum atomic E-state index is 13.6. The fourth-order valence-electron chi connectivity index (χ4n) is 3.14. The molecule has 1 aliphatic heterocycles. The Hall–Kier alpha value is -2.39. The van der Waals surface area contributed by atoms with Gasteiger partial charge >= 0.3 is 0 Å². The van der Waals surface area contributed by atoms with E-state index in [4.69, 9.17) is 10.5 Å². The minimum absolute atomic E-state index is 0.0489. The summed E-state index contributed by atoms with van der Waals surface area (Å²) in [6, 6.07) is 4.01. The number of rotatable bonds is 7. The van der Waals surface area contributed by atoms with Gasteiger partial charge in [-0.15, -0.1) is 0 Å². The zero-order valence-electron chi connectivity index (χ0n) is 15.9. The first-order valence-electron chi connectivity index (χ1n) is 9.17. The molecule has 0 amide bonds. The number of carbonyl (C=O) groups excluding carboxylic acids is 1. The fourth-order valence-corrected chi connectivity index (χ4v) is 3.97.